The Bertz CT molecular complexity index is 1190. The molecule has 0 aliphatic carbocycles. The summed E-state index contributed by atoms with van der Waals surface area (Å²) in [7, 11) is 8.24. The van der Waals surface area contributed by atoms with Crippen molar-refractivity contribution >= 4 is 27.8 Å². The molecule has 4 rings (SSSR count). The second-order valence-corrected chi connectivity index (χ2v) is 12.3. The second kappa shape index (κ2) is 12.3. The molecule has 0 aliphatic heterocycles. The number of methoxy groups -OCH3 is 4. The van der Waals surface area contributed by atoms with Gasteiger partial charge in [-0.05, 0) is 63.5 Å². The third-order valence-electron chi connectivity index (χ3n) is 5.97. The predicted molar refractivity (Wildman–Crippen MR) is 155 cm³/mol. The van der Waals surface area contributed by atoms with E-state index in [1.54, 1.807) is 28.4 Å². The van der Waals surface area contributed by atoms with Gasteiger partial charge in [-0.15, -0.1) is 0 Å². The van der Waals surface area contributed by atoms with E-state index in [4.69, 9.17) is 18.9 Å². The highest BCUT2D eigenvalue weighted by Crippen LogP contribution is 2.37. The SMILES string of the molecule is COc1ccc(OC)c(-c2ccc(PC(C)Pc3ccc(-c4cc(OC)ccc4OC)cc3)cc2)c1. The Hall–Kier alpha value is -3.06. The summed E-state index contributed by atoms with van der Waals surface area (Å²) in [6, 6.07) is 29.4. The smallest absolute Gasteiger partial charge is 0.126 e. The highest BCUT2D eigenvalue weighted by Gasteiger charge is 2.11. The molecule has 36 heavy (non-hydrogen) atoms. The Morgan fingerprint density at radius 2 is 0.889 bits per heavy atom. The predicted octanol–water partition coefficient (Wildman–Crippen LogP) is 6.71. The number of benzene rings is 4. The zero-order valence-electron chi connectivity index (χ0n) is 21.3. The molecule has 4 nitrogen and oxygen atoms in total. The van der Waals surface area contributed by atoms with Crippen molar-refractivity contribution in [1.82, 2.24) is 0 Å². The molecule has 0 saturated carbocycles. The Morgan fingerprint density at radius 1 is 0.500 bits per heavy atom. The minimum absolute atomic E-state index is 0.569. The molecule has 0 aromatic heterocycles. The van der Waals surface area contributed by atoms with Gasteiger partial charge in [-0.2, -0.15) is 0 Å². The van der Waals surface area contributed by atoms with Gasteiger partial charge in [0.05, 0.1) is 28.4 Å². The van der Waals surface area contributed by atoms with Gasteiger partial charge in [-0.1, -0.05) is 72.6 Å². The molecule has 186 valence electrons. The lowest BCUT2D eigenvalue weighted by atomic mass is 10.0. The molecule has 0 N–H and O–H groups in total. The number of hydrogen-bond acceptors (Lipinski definition) is 4. The minimum Gasteiger partial charge on any atom is -0.497 e. The van der Waals surface area contributed by atoms with Gasteiger partial charge in [0, 0.05) is 11.1 Å². The normalized spacial score (nSPS) is 12.2. The Labute approximate surface area is 217 Å². The van der Waals surface area contributed by atoms with Crippen LogP contribution in [0.15, 0.2) is 84.9 Å². The van der Waals surface area contributed by atoms with Crippen LogP contribution >= 0.6 is 17.2 Å². The van der Waals surface area contributed by atoms with Crippen molar-refractivity contribution in [3.63, 3.8) is 0 Å². The molecular weight excluding hydrogens is 486 g/mol. The van der Waals surface area contributed by atoms with Gasteiger partial charge in [-0.3, -0.25) is 0 Å². The number of hydrogen-bond donors (Lipinski definition) is 0. The first-order chi connectivity index (χ1) is 17.5. The molecule has 0 spiro atoms. The summed E-state index contributed by atoms with van der Waals surface area (Å²) in [6.45, 7) is 2.33. The van der Waals surface area contributed by atoms with Crippen LogP contribution in [0.1, 0.15) is 6.92 Å². The molecule has 0 heterocycles. The van der Waals surface area contributed by atoms with Gasteiger partial charge < -0.3 is 18.9 Å². The maximum Gasteiger partial charge on any atom is 0.126 e. The first kappa shape index (κ1) is 26.0. The van der Waals surface area contributed by atoms with Crippen molar-refractivity contribution in [3.05, 3.63) is 84.9 Å². The molecule has 6 heteroatoms. The summed E-state index contributed by atoms with van der Waals surface area (Å²) in [5.74, 6) is 3.33. The maximum absolute atomic E-state index is 5.56. The zero-order chi connectivity index (χ0) is 25.5. The lowest BCUT2D eigenvalue weighted by Crippen LogP contribution is -2.03. The van der Waals surface area contributed by atoms with Crippen molar-refractivity contribution in [3.8, 4) is 45.3 Å². The van der Waals surface area contributed by atoms with Crippen molar-refractivity contribution in [2.75, 3.05) is 28.4 Å². The summed E-state index contributed by atoms with van der Waals surface area (Å²) in [5, 5.41) is 3.29. The molecule has 2 atom stereocenters. The van der Waals surface area contributed by atoms with E-state index < -0.39 is 0 Å². The van der Waals surface area contributed by atoms with E-state index in [9.17, 15) is 0 Å². The van der Waals surface area contributed by atoms with Crippen molar-refractivity contribution in [1.29, 1.82) is 0 Å². The summed E-state index contributed by atoms with van der Waals surface area (Å²) in [5.41, 5.74) is 4.32. The standard InChI is InChI=1S/C30H32O4P2/c1-20(35-25-12-6-21(7-13-25)27-18-23(31-2)10-16-29(27)33-4)36-26-14-8-22(9-15-26)28-19-24(32-3)11-17-30(28)34-5/h6-20,35-36H,1-5H3. The molecule has 2 unspecified atom stereocenters. The largest absolute Gasteiger partial charge is 0.497 e. The van der Waals surface area contributed by atoms with Crippen LogP contribution in [0.4, 0.5) is 0 Å². The highest BCUT2D eigenvalue weighted by atomic mass is 31.1. The van der Waals surface area contributed by atoms with Crippen LogP contribution in [0.25, 0.3) is 22.3 Å². The third kappa shape index (κ3) is 6.19. The Kier molecular flexibility index (Phi) is 8.86. The van der Waals surface area contributed by atoms with E-state index in [1.807, 2.05) is 36.4 Å². The van der Waals surface area contributed by atoms with Crippen LogP contribution in [0.3, 0.4) is 0 Å². The fraction of sp³-hybridized carbons (Fsp3) is 0.200. The van der Waals surface area contributed by atoms with E-state index in [0.29, 0.717) is 5.40 Å². The summed E-state index contributed by atoms with van der Waals surface area (Å²) >= 11 is 0. The van der Waals surface area contributed by atoms with Crippen LogP contribution in [0.2, 0.25) is 0 Å². The van der Waals surface area contributed by atoms with Crippen LogP contribution < -0.4 is 29.6 Å². The maximum atomic E-state index is 5.56. The fourth-order valence-electron chi connectivity index (χ4n) is 4.11. The average molecular weight is 519 g/mol. The topological polar surface area (TPSA) is 36.9 Å². The first-order valence-electron chi connectivity index (χ1n) is 11.7. The molecule has 0 bridgehead atoms. The summed E-state index contributed by atoms with van der Waals surface area (Å²) in [6.07, 6.45) is 0. The van der Waals surface area contributed by atoms with E-state index in [-0.39, 0.29) is 0 Å². The third-order valence-corrected chi connectivity index (χ3v) is 9.04. The van der Waals surface area contributed by atoms with E-state index in [2.05, 4.69) is 55.5 Å². The van der Waals surface area contributed by atoms with Crippen LogP contribution in [-0.2, 0) is 0 Å². The van der Waals surface area contributed by atoms with Gasteiger partial charge in [0.15, 0.2) is 0 Å². The molecule has 4 aromatic carbocycles. The van der Waals surface area contributed by atoms with Gasteiger partial charge in [0.1, 0.15) is 23.0 Å². The molecule has 4 aromatic rings. The monoisotopic (exact) mass is 518 g/mol. The summed E-state index contributed by atoms with van der Waals surface area (Å²) < 4.78 is 21.9. The highest BCUT2D eigenvalue weighted by molar-refractivity contribution is 7.65. The van der Waals surface area contributed by atoms with Crippen molar-refractivity contribution in [2.24, 2.45) is 0 Å². The molecule has 0 amide bonds. The molecule has 0 saturated heterocycles. The average Bonchev–Trinajstić information content (AvgIpc) is 2.93. The van der Waals surface area contributed by atoms with Gasteiger partial charge in [-0.25, -0.2) is 0 Å². The molecular formula is C30H32O4P2. The van der Waals surface area contributed by atoms with Gasteiger partial charge in [0.2, 0.25) is 0 Å². The van der Waals surface area contributed by atoms with Gasteiger partial charge >= 0.3 is 0 Å². The summed E-state index contributed by atoms with van der Waals surface area (Å²) in [4.78, 5) is 0. The van der Waals surface area contributed by atoms with Crippen LogP contribution in [-0.4, -0.2) is 33.8 Å². The molecule has 0 radical (unpaired) electrons. The van der Waals surface area contributed by atoms with Gasteiger partial charge in [0.25, 0.3) is 0 Å². The minimum atomic E-state index is 0.569. The Morgan fingerprint density at radius 3 is 1.22 bits per heavy atom. The quantitative estimate of drug-likeness (QED) is 0.219. The zero-order valence-corrected chi connectivity index (χ0v) is 23.3. The van der Waals surface area contributed by atoms with E-state index in [0.717, 1.165) is 62.4 Å². The van der Waals surface area contributed by atoms with Crippen molar-refractivity contribution in [2.45, 2.75) is 12.3 Å². The first-order valence-corrected chi connectivity index (χ1v) is 13.9. The number of ether oxygens (including phenoxy) is 4. The van der Waals surface area contributed by atoms with E-state index >= 15 is 0 Å². The van der Waals surface area contributed by atoms with Crippen LogP contribution in [0, 0.1) is 0 Å². The lowest BCUT2D eigenvalue weighted by molar-refractivity contribution is 0.404. The molecule has 0 fully saturated rings. The Balaban J connectivity index is 1.42. The van der Waals surface area contributed by atoms with Crippen molar-refractivity contribution < 1.29 is 18.9 Å². The van der Waals surface area contributed by atoms with E-state index in [1.165, 1.54) is 10.6 Å². The fourth-order valence-corrected chi connectivity index (χ4v) is 7.11. The second-order valence-electron chi connectivity index (χ2n) is 8.30. The lowest BCUT2D eigenvalue weighted by Gasteiger charge is -2.15. The number of rotatable bonds is 10. The molecule has 0 aliphatic rings. The van der Waals surface area contributed by atoms with Crippen LogP contribution in [0.5, 0.6) is 23.0 Å².